The van der Waals surface area contributed by atoms with Crippen molar-refractivity contribution in [2.75, 3.05) is 0 Å². The average Bonchev–Trinajstić information content (AvgIpc) is 2.63. The Bertz CT molecular complexity index is 708. The zero-order valence-electron chi connectivity index (χ0n) is 13.5. The second-order valence-electron chi connectivity index (χ2n) is 6.76. The predicted molar refractivity (Wildman–Crippen MR) is 91.7 cm³/mol. The molecule has 2 bridgehead atoms. The normalized spacial score (nSPS) is 29.1. The molecule has 0 spiro atoms. The number of Topliss-reactive ketones (excluding diaryl/α,β-unsaturated/α-hetero) is 1. The molecule has 2 aromatic rings. The van der Waals surface area contributed by atoms with Crippen molar-refractivity contribution in [3.63, 3.8) is 0 Å². The first kappa shape index (κ1) is 15.0. The Balaban J connectivity index is 1.84. The van der Waals surface area contributed by atoms with Crippen LogP contribution in [0.15, 0.2) is 60.7 Å². The third kappa shape index (κ3) is 2.30. The zero-order chi connectivity index (χ0) is 16.5. The van der Waals surface area contributed by atoms with Gasteiger partial charge in [-0.05, 0) is 24.0 Å². The molecular weight excluding hydrogens is 296 g/mol. The van der Waals surface area contributed by atoms with E-state index in [9.17, 15) is 10.1 Å². The number of piperidine rings is 1. The zero-order valence-corrected chi connectivity index (χ0v) is 13.5. The van der Waals surface area contributed by atoms with E-state index in [1.54, 1.807) is 0 Å². The van der Waals surface area contributed by atoms with Gasteiger partial charge in [-0.15, -0.1) is 0 Å². The second kappa shape index (κ2) is 6.13. The predicted octanol–water partition coefficient (Wildman–Crippen LogP) is 4.25. The number of nitrogens with zero attached hydrogens (tertiary/aromatic N) is 2. The van der Waals surface area contributed by atoms with E-state index in [1.165, 1.54) is 0 Å². The molecule has 4 atom stereocenters. The molecule has 1 heterocycles. The summed E-state index contributed by atoms with van der Waals surface area (Å²) in [5.41, 5.74) is 2.14. The second-order valence-corrected chi connectivity index (χ2v) is 6.76. The summed E-state index contributed by atoms with van der Waals surface area (Å²) in [4.78, 5) is 15.0. The maximum absolute atomic E-state index is 13.1. The third-order valence-corrected chi connectivity index (χ3v) is 5.52. The van der Waals surface area contributed by atoms with Crippen LogP contribution in [0.1, 0.15) is 42.5 Å². The van der Waals surface area contributed by atoms with Gasteiger partial charge >= 0.3 is 0 Å². The standard InChI is InChI=1S/C21H20N2O/c22-14-23-19(15-8-3-1-4-9-15)17-12-7-13-18(21(17)24)20(23)16-10-5-2-6-11-16/h1-6,8-11,17-20H,7,12-13H2. The topological polar surface area (TPSA) is 44.1 Å². The van der Waals surface area contributed by atoms with Crippen molar-refractivity contribution in [2.24, 2.45) is 11.8 Å². The van der Waals surface area contributed by atoms with E-state index in [1.807, 2.05) is 65.6 Å². The molecule has 2 aromatic carbocycles. The Kier molecular flexibility index (Phi) is 3.82. The number of carbonyl (C=O) groups is 1. The van der Waals surface area contributed by atoms with Crippen molar-refractivity contribution >= 4 is 5.78 Å². The van der Waals surface area contributed by atoms with Gasteiger partial charge in [0, 0.05) is 11.8 Å². The number of likely N-dealkylation sites (tertiary alicyclic amines) is 1. The van der Waals surface area contributed by atoms with Gasteiger partial charge in [0.1, 0.15) is 5.78 Å². The van der Waals surface area contributed by atoms with Crippen LogP contribution >= 0.6 is 0 Å². The Labute approximate surface area is 142 Å². The number of carbonyl (C=O) groups excluding carboxylic acids is 1. The van der Waals surface area contributed by atoms with Gasteiger partial charge in [-0.25, -0.2) is 0 Å². The monoisotopic (exact) mass is 316 g/mol. The molecule has 4 unspecified atom stereocenters. The molecule has 0 aromatic heterocycles. The summed E-state index contributed by atoms with van der Waals surface area (Å²) in [7, 11) is 0. The van der Waals surface area contributed by atoms with Crippen LogP contribution in [0.5, 0.6) is 0 Å². The lowest BCUT2D eigenvalue weighted by molar-refractivity contribution is -0.141. The highest BCUT2D eigenvalue weighted by Crippen LogP contribution is 2.51. The Morgan fingerprint density at radius 2 is 1.29 bits per heavy atom. The molecule has 120 valence electrons. The number of rotatable bonds is 2. The van der Waals surface area contributed by atoms with Gasteiger partial charge in [0.2, 0.25) is 0 Å². The summed E-state index contributed by atoms with van der Waals surface area (Å²) in [6, 6.07) is 19.8. The van der Waals surface area contributed by atoms with E-state index in [0.717, 1.165) is 30.4 Å². The van der Waals surface area contributed by atoms with Crippen LogP contribution in [0.25, 0.3) is 0 Å². The fourth-order valence-electron chi connectivity index (χ4n) is 4.52. The number of hydrogen-bond acceptors (Lipinski definition) is 3. The van der Waals surface area contributed by atoms with E-state index in [-0.39, 0.29) is 23.9 Å². The van der Waals surface area contributed by atoms with Gasteiger partial charge in [0.05, 0.1) is 12.1 Å². The van der Waals surface area contributed by atoms with Crippen LogP contribution in [0, 0.1) is 23.3 Å². The molecule has 2 fully saturated rings. The van der Waals surface area contributed by atoms with Crippen molar-refractivity contribution in [1.29, 1.82) is 5.26 Å². The van der Waals surface area contributed by atoms with Crippen molar-refractivity contribution in [3.8, 4) is 6.19 Å². The van der Waals surface area contributed by atoms with E-state index in [0.29, 0.717) is 5.78 Å². The molecule has 2 aliphatic rings. The van der Waals surface area contributed by atoms with Crippen LogP contribution in [-0.2, 0) is 4.79 Å². The lowest BCUT2D eigenvalue weighted by Gasteiger charge is -2.49. The SMILES string of the molecule is N#CN1C(c2ccccc2)C2CCCC(C2=O)C1c1ccccc1. The number of fused-ring (bicyclic) bond motifs is 2. The van der Waals surface area contributed by atoms with E-state index in [2.05, 4.69) is 6.19 Å². The number of hydrogen-bond donors (Lipinski definition) is 0. The van der Waals surface area contributed by atoms with E-state index in [4.69, 9.17) is 0 Å². The summed E-state index contributed by atoms with van der Waals surface area (Å²) in [5, 5.41) is 9.96. The van der Waals surface area contributed by atoms with Crippen LogP contribution in [-0.4, -0.2) is 10.7 Å². The van der Waals surface area contributed by atoms with Gasteiger partial charge < -0.3 is 0 Å². The molecule has 1 aliphatic heterocycles. The number of ketones is 1. The molecule has 1 aliphatic carbocycles. The molecule has 3 heteroatoms. The molecule has 4 rings (SSSR count). The fraction of sp³-hybridized carbons (Fsp3) is 0.333. The Morgan fingerprint density at radius 3 is 1.71 bits per heavy atom. The molecule has 1 saturated heterocycles. The third-order valence-electron chi connectivity index (χ3n) is 5.52. The largest absolute Gasteiger partial charge is 0.299 e. The first-order chi connectivity index (χ1) is 11.8. The summed E-state index contributed by atoms with van der Waals surface area (Å²) < 4.78 is 0. The summed E-state index contributed by atoms with van der Waals surface area (Å²) >= 11 is 0. The highest BCUT2D eigenvalue weighted by Gasteiger charge is 2.51. The minimum atomic E-state index is -0.148. The Hall–Kier alpha value is -2.60. The Morgan fingerprint density at radius 1 is 0.833 bits per heavy atom. The lowest BCUT2D eigenvalue weighted by atomic mass is 9.66. The first-order valence-electron chi connectivity index (χ1n) is 8.63. The van der Waals surface area contributed by atoms with Gasteiger partial charge in [-0.1, -0.05) is 67.1 Å². The molecule has 3 nitrogen and oxygen atoms in total. The molecule has 24 heavy (non-hydrogen) atoms. The highest BCUT2D eigenvalue weighted by atomic mass is 16.1. The molecule has 0 N–H and O–H groups in total. The van der Waals surface area contributed by atoms with Crippen LogP contribution in [0.4, 0.5) is 0 Å². The number of nitriles is 1. The van der Waals surface area contributed by atoms with Gasteiger partial charge in [-0.2, -0.15) is 5.26 Å². The van der Waals surface area contributed by atoms with Gasteiger partial charge in [0.15, 0.2) is 6.19 Å². The maximum atomic E-state index is 13.1. The quantitative estimate of drug-likeness (QED) is 0.778. The van der Waals surface area contributed by atoms with Crippen LogP contribution < -0.4 is 0 Å². The summed E-state index contributed by atoms with van der Waals surface area (Å²) in [6.45, 7) is 0. The minimum absolute atomic E-state index is 0.0641. The fourth-order valence-corrected chi connectivity index (χ4v) is 4.52. The van der Waals surface area contributed by atoms with Crippen LogP contribution in [0.3, 0.4) is 0 Å². The minimum Gasteiger partial charge on any atom is -0.299 e. The van der Waals surface area contributed by atoms with Crippen molar-refractivity contribution in [3.05, 3.63) is 71.8 Å². The van der Waals surface area contributed by atoms with Crippen LogP contribution in [0.2, 0.25) is 0 Å². The van der Waals surface area contributed by atoms with Gasteiger partial charge in [-0.3, -0.25) is 9.69 Å². The maximum Gasteiger partial charge on any atom is 0.180 e. The average molecular weight is 316 g/mol. The van der Waals surface area contributed by atoms with Gasteiger partial charge in [0.25, 0.3) is 0 Å². The summed E-state index contributed by atoms with van der Waals surface area (Å²) in [6.07, 6.45) is 5.26. The van der Waals surface area contributed by atoms with E-state index < -0.39 is 0 Å². The van der Waals surface area contributed by atoms with Crippen molar-refractivity contribution in [1.82, 2.24) is 4.90 Å². The summed E-state index contributed by atoms with van der Waals surface area (Å²) in [5.74, 6) is 0.215. The smallest absolute Gasteiger partial charge is 0.180 e. The molecule has 1 saturated carbocycles. The van der Waals surface area contributed by atoms with Crippen molar-refractivity contribution < 1.29 is 4.79 Å². The molecule has 0 amide bonds. The highest BCUT2D eigenvalue weighted by molar-refractivity contribution is 5.87. The number of benzene rings is 2. The molecular formula is C21H20N2O. The van der Waals surface area contributed by atoms with Crippen molar-refractivity contribution in [2.45, 2.75) is 31.3 Å². The molecule has 0 radical (unpaired) electrons. The van der Waals surface area contributed by atoms with E-state index >= 15 is 0 Å². The lowest BCUT2D eigenvalue weighted by Crippen LogP contribution is -2.51. The first-order valence-corrected chi connectivity index (χ1v) is 8.63.